The second kappa shape index (κ2) is 18.8. The number of carbonyl (C=O) groups is 4. The normalized spacial score (nSPS) is 11.4. The number of carbonyl (C=O) groups excluding carboxylic acids is 4. The van der Waals surface area contributed by atoms with Gasteiger partial charge in [-0.25, -0.2) is 0 Å². The molecule has 1 unspecified atom stereocenters. The predicted octanol–water partition coefficient (Wildman–Crippen LogP) is -0.280. The van der Waals surface area contributed by atoms with Gasteiger partial charge in [0.15, 0.2) is 5.96 Å². The Morgan fingerprint density at radius 1 is 1.00 bits per heavy atom. The van der Waals surface area contributed by atoms with E-state index in [0.717, 1.165) is 6.42 Å². The maximum Gasteiger partial charge on any atom is 0.245 e. The minimum Gasteiger partial charge on any atom is -0.370 e. The van der Waals surface area contributed by atoms with Crippen LogP contribution in [0.2, 0.25) is 0 Å². The van der Waals surface area contributed by atoms with E-state index in [1.165, 1.54) is 9.80 Å². The molecule has 0 aromatic carbocycles. The second-order valence-electron chi connectivity index (χ2n) is 7.93. The molecule has 0 rings (SSSR count). The van der Waals surface area contributed by atoms with Crippen molar-refractivity contribution in [3.8, 4) is 0 Å². The number of hydrogen-bond donors (Lipinski definition) is 4. The number of amides is 3. The number of guanidine groups is 1. The topological polar surface area (TPSA) is 177 Å². The quantitative estimate of drug-likeness (QED) is 0.0869. The van der Waals surface area contributed by atoms with Crippen LogP contribution in [0.4, 0.5) is 0 Å². The summed E-state index contributed by atoms with van der Waals surface area (Å²) in [7, 11) is 0. The fourth-order valence-electron chi connectivity index (χ4n) is 3.35. The third-order valence-electron chi connectivity index (χ3n) is 4.95. The molecule has 190 valence electrons. The smallest absolute Gasteiger partial charge is 0.245 e. The molecule has 0 aromatic rings. The van der Waals surface area contributed by atoms with Gasteiger partial charge in [-0.2, -0.15) is 0 Å². The van der Waals surface area contributed by atoms with Crippen molar-refractivity contribution < 1.29 is 19.2 Å². The molecule has 33 heavy (non-hydrogen) atoms. The zero-order chi connectivity index (χ0) is 25.1. The largest absolute Gasteiger partial charge is 0.370 e. The first-order valence-electron chi connectivity index (χ1n) is 11.9. The van der Waals surface area contributed by atoms with Gasteiger partial charge in [-0.05, 0) is 51.5 Å². The molecular weight excluding hydrogens is 426 g/mol. The molecule has 0 heterocycles. The summed E-state index contributed by atoms with van der Waals surface area (Å²) in [6, 6.07) is -0.756. The monoisotopic (exact) mass is 469 g/mol. The van der Waals surface area contributed by atoms with Crippen molar-refractivity contribution in [3.05, 3.63) is 0 Å². The van der Waals surface area contributed by atoms with E-state index in [1.54, 1.807) is 0 Å². The summed E-state index contributed by atoms with van der Waals surface area (Å²) in [6.45, 7) is 5.52. The highest BCUT2D eigenvalue weighted by Gasteiger charge is 2.26. The second-order valence-corrected chi connectivity index (χ2v) is 7.93. The fourth-order valence-corrected chi connectivity index (χ4v) is 3.35. The molecule has 0 saturated heterocycles. The molecule has 11 nitrogen and oxygen atoms in total. The number of nitrogens with one attached hydrogen (secondary N) is 1. The van der Waals surface area contributed by atoms with Gasteiger partial charge in [0, 0.05) is 26.1 Å². The molecule has 0 spiro atoms. The molecule has 11 heteroatoms. The first-order chi connectivity index (χ1) is 15.8. The highest BCUT2D eigenvalue weighted by atomic mass is 16.2. The van der Waals surface area contributed by atoms with Crippen molar-refractivity contribution in [1.82, 2.24) is 15.1 Å². The van der Waals surface area contributed by atoms with Gasteiger partial charge >= 0.3 is 0 Å². The summed E-state index contributed by atoms with van der Waals surface area (Å²) in [5.74, 6) is -0.795. The molecular formula is C22H43N7O4. The van der Waals surface area contributed by atoms with Gasteiger partial charge in [-0.15, -0.1) is 0 Å². The summed E-state index contributed by atoms with van der Waals surface area (Å²) in [6.07, 6.45) is 5.46. The fraction of sp³-hybridized carbons (Fsp3) is 0.773. The van der Waals surface area contributed by atoms with E-state index >= 15 is 0 Å². The molecule has 0 radical (unpaired) electrons. The van der Waals surface area contributed by atoms with E-state index in [9.17, 15) is 19.2 Å². The van der Waals surface area contributed by atoms with Gasteiger partial charge in [-0.3, -0.25) is 19.4 Å². The van der Waals surface area contributed by atoms with Gasteiger partial charge in [-0.1, -0.05) is 13.8 Å². The van der Waals surface area contributed by atoms with Gasteiger partial charge < -0.3 is 37.1 Å². The molecule has 1 atom stereocenters. The summed E-state index contributed by atoms with van der Waals surface area (Å²) in [5.41, 5.74) is 16.1. The zero-order valence-corrected chi connectivity index (χ0v) is 20.3. The Bertz CT molecular complexity index is 624. The van der Waals surface area contributed by atoms with E-state index in [4.69, 9.17) is 17.2 Å². The van der Waals surface area contributed by atoms with Crippen molar-refractivity contribution >= 4 is 30.0 Å². The van der Waals surface area contributed by atoms with Crippen molar-refractivity contribution in [2.45, 2.75) is 71.3 Å². The molecule has 0 aliphatic rings. The van der Waals surface area contributed by atoms with E-state index < -0.39 is 11.9 Å². The van der Waals surface area contributed by atoms with Crippen molar-refractivity contribution in [3.63, 3.8) is 0 Å². The van der Waals surface area contributed by atoms with Crippen LogP contribution in [-0.4, -0.2) is 85.1 Å². The summed E-state index contributed by atoms with van der Waals surface area (Å²) in [4.78, 5) is 56.2. The summed E-state index contributed by atoms with van der Waals surface area (Å²) < 4.78 is 0. The highest BCUT2D eigenvalue weighted by Crippen LogP contribution is 2.07. The maximum atomic E-state index is 13.0. The Morgan fingerprint density at radius 3 is 2.24 bits per heavy atom. The Balaban J connectivity index is 5.05. The zero-order valence-electron chi connectivity index (χ0n) is 20.3. The SMILES string of the molecule is CCCN(CC(=O)NC(CCCCN)C(=O)N(CC=O)CCC)C(=O)CCCCN=C(N)N. The molecule has 3 amide bonds. The number of nitrogens with zero attached hydrogens (tertiary/aromatic N) is 3. The van der Waals surface area contributed by atoms with E-state index in [0.29, 0.717) is 71.0 Å². The number of unbranched alkanes of at least 4 members (excludes halogenated alkanes) is 2. The maximum absolute atomic E-state index is 13.0. The van der Waals surface area contributed by atoms with E-state index in [2.05, 4.69) is 10.3 Å². The van der Waals surface area contributed by atoms with Crippen LogP contribution in [0.3, 0.4) is 0 Å². The van der Waals surface area contributed by atoms with Crippen LogP contribution < -0.4 is 22.5 Å². The lowest BCUT2D eigenvalue weighted by Crippen LogP contribution is -2.52. The number of rotatable bonds is 19. The Kier molecular flexibility index (Phi) is 17.3. The van der Waals surface area contributed by atoms with Crippen LogP contribution in [0, 0.1) is 0 Å². The van der Waals surface area contributed by atoms with E-state index in [-0.39, 0.29) is 37.3 Å². The lowest BCUT2D eigenvalue weighted by atomic mass is 10.1. The molecule has 0 aliphatic heterocycles. The van der Waals surface area contributed by atoms with Gasteiger partial charge in [0.05, 0.1) is 13.1 Å². The van der Waals surface area contributed by atoms with Gasteiger partial charge in [0.25, 0.3) is 0 Å². The average molecular weight is 470 g/mol. The Labute approximate surface area is 197 Å². The highest BCUT2D eigenvalue weighted by molar-refractivity contribution is 5.90. The lowest BCUT2D eigenvalue weighted by Gasteiger charge is -2.28. The summed E-state index contributed by atoms with van der Waals surface area (Å²) >= 11 is 0. The molecule has 0 aromatic heterocycles. The van der Waals surface area contributed by atoms with Crippen molar-refractivity contribution in [2.75, 3.05) is 39.3 Å². The van der Waals surface area contributed by atoms with Gasteiger partial charge in [0.2, 0.25) is 17.7 Å². The molecule has 7 N–H and O–H groups in total. The van der Waals surface area contributed by atoms with Crippen LogP contribution in [0.1, 0.15) is 65.2 Å². The number of aldehydes is 1. The van der Waals surface area contributed by atoms with Crippen LogP contribution in [0.5, 0.6) is 0 Å². The Morgan fingerprint density at radius 2 is 1.67 bits per heavy atom. The van der Waals surface area contributed by atoms with E-state index in [1.807, 2.05) is 13.8 Å². The number of aliphatic imine (C=N–C) groups is 1. The van der Waals surface area contributed by atoms with Crippen molar-refractivity contribution in [1.29, 1.82) is 0 Å². The minimum absolute atomic E-state index is 0.0176. The minimum atomic E-state index is -0.756. The Hall–Kier alpha value is -2.69. The van der Waals surface area contributed by atoms with Crippen molar-refractivity contribution in [2.24, 2.45) is 22.2 Å². The molecule has 0 bridgehead atoms. The number of nitrogens with two attached hydrogens (primary N) is 3. The number of hydrogen-bond acceptors (Lipinski definition) is 6. The summed E-state index contributed by atoms with van der Waals surface area (Å²) in [5, 5.41) is 2.78. The molecule has 0 fully saturated rings. The first-order valence-corrected chi connectivity index (χ1v) is 11.9. The first kappa shape index (κ1) is 30.3. The average Bonchev–Trinajstić information content (AvgIpc) is 2.77. The van der Waals surface area contributed by atoms with Crippen LogP contribution in [0.15, 0.2) is 4.99 Å². The van der Waals surface area contributed by atoms with Crippen LogP contribution in [0.25, 0.3) is 0 Å². The van der Waals surface area contributed by atoms with Gasteiger partial charge in [0.1, 0.15) is 12.3 Å². The molecule has 0 aliphatic carbocycles. The third-order valence-corrected chi connectivity index (χ3v) is 4.95. The standard InChI is InChI=1S/C22H43N7O4/c1-3-13-28(15-16-30)21(33)18(9-5-7-11-23)27-19(31)17-29(14-4-2)20(32)10-6-8-12-26-22(24)25/h16,18H,3-15,17,23H2,1-2H3,(H,27,31)(H4,24,25,26). The van der Waals surface area contributed by atoms with Crippen LogP contribution in [-0.2, 0) is 19.2 Å². The lowest BCUT2D eigenvalue weighted by molar-refractivity contribution is -0.139. The third kappa shape index (κ3) is 14.1. The van der Waals surface area contributed by atoms with Crippen LogP contribution >= 0.6 is 0 Å². The predicted molar refractivity (Wildman–Crippen MR) is 129 cm³/mol. The molecule has 0 saturated carbocycles.